The van der Waals surface area contributed by atoms with Gasteiger partial charge >= 0.3 is 0 Å². The first-order chi connectivity index (χ1) is 16.5. The standard InChI is InChI=1S/C26H26FN3O4/c1-33-23-9-8-22(15-24(23)34-17-18-3-2-12-28-16-18)29-25(31)19-10-13-30(14-11-19)26(32)20-4-6-21(27)7-5-20/h2-9,12,15-16,19H,10-11,13-14,17H2,1H3,(H,29,31). The molecule has 0 spiro atoms. The van der Waals surface area contributed by atoms with E-state index in [9.17, 15) is 14.0 Å². The molecule has 0 aliphatic carbocycles. The predicted octanol–water partition coefficient (Wildman–Crippen LogP) is 4.30. The van der Waals surface area contributed by atoms with Crippen LogP contribution in [0.1, 0.15) is 28.8 Å². The van der Waals surface area contributed by atoms with Crippen molar-refractivity contribution in [2.45, 2.75) is 19.4 Å². The Morgan fingerprint density at radius 3 is 2.53 bits per heavy atom. The van der Waals surface area contributed by atoms with Crippen molar-refractivity contribution in [3.8, 4) is 11.5 Å². The Bertz CT molecular complexity index is 1130. The zero-order valence-corrected chi connectivity index (χ0v) is 18.9. The van der Waals surface area contributed by atoms with E-state index in [1.807, 2.05) is 12.1 Å². The zero-order valence-electron chi connectivity index (χ0n) is 18.9. The minimum atomic E-state index is -0.379. The molecule has 0 unspecified atom stereocenters. The van der Waals surface area contributed by atoms with Gasteiger partial charge in [0.1, 0.15) is 12.4 Å². The quantitative estimate of drug-likeness (QED) is 0.565. The van der Waals surface area contributed by atoms with Gasteiger partial charge in [0, 0.05) is 54.3 Å². The average molecular weight is 464 g/mol. The van der Waals surface area contributed by atoms with E-state index in [-0.39, 0.29) is 23.5 Å². The number of hydrogen-bond donors (Lipinski definition) is 1. The Morgan fingerprint density at radius 2 is 1.85 bits per heavy atom. The van der Waals surface area contributed by atoms with Crippen molar-refractivity contribution in [3.05, 3.63) is 83.9 Å². The molecule has 0 radical (unpaired) electrons. The van der Waals surface area contributed by atoms with Crippen molar-refractivity contribution >= 4 is 17.5 Å². The van der Waals surface area contributed by atoms with Crippen LogP contribution in [0.15, 0.2) is 67.0 Å². The Labute approximate surface area is 197 Å². The van der Waals surface area contributed by atoms with E-state index < -0.39 is 0 Å². The number of hydrogen-bond acceptors (Lipinski definition) is 5. The number of likely N-dealkylation sites (tertiary alicyclic amines) is 1. The van der Waals surface area contributed by atoms with Crippen molar-refractivity contribution in [2.24, 2.45) is 5.92 Å². The molecule has 7 nitrogen and oxygen atoms in total. The van der Waals surface area contributed by atoms with Gasteiger partial charge in [-0.05, 0) is 55.3 Å². The van der Waals surface area contributed by atoms with Crippen LogP contribution in [0, 0.1) is 11.7 Å². The van der Waals surface area contributed by atoms with Crippen LogP contribution in [0.3, 0.4) is 0 Å². The second kappa shape index (κ2) is 10.8. The SMILES string of the molecule is COc1ccc(NC(=O)C2CCN(C(=O)c3ccc(F)cc3)CC2)cc1OCc1cccnc1. The lowest BCUT2D eigenvalue weighted by atomic mass is 9.95. The summed E-state index contributed by atoms with van der Waals surface area (Å²) in [6.07, 6.45) is 4.54. The summed E-state index contributed by atoms with van der Waals surface area (Å²) in [5, 5.41) is 2.95. The van der Waals surface area contributed by atoms with Crippen LogP contribution in [0.4, 0.5) is 10.1 Å². The molecule has 3 aromatic rings. The molecule has 176 valence electrons. The predicted molar refractivity (Wildman–Crippen MR) is 125 cm³/mol. The van der Waals surface area contributed by atoms with Gasteiger partial charge in [-0.25, -0.2) is 4.39 Å². The van der Waals surface area contributed by atoms with Gasteiger partial charge in [0.15, 0.2) is 11.5 Å². The highest BCUT2D eigenvalue weighted by Gasteiger charge is 2.28. The molecule has 0 bridgehead atoms. The molecule has 1 aliphatic rings. The summed E-state index contributed by atoms with van der Waals surface area (Å²) in [4.78, 5) is 31.3. The van der Waals surface area contributed by atoms with Gasteiger partial charge < -0.3 is 19.7 Å². The maximum absolute atomic E-state index is 13.1. The molecule has 2 amide bonds. The van der Waals surface area contributed by atoms with E-state index in [2.05, 4.69) is 10.3 Å². The molecule has 0 saturated carbocycles. The van der Waals surface area contributed by atoms with Crippen molar-refractivity contribution in [1.82, 2.24) is 9.88 Å². The van der Waals surface area contributed by atoms with Gasteiger partial charge in [-0.3, -0.25) is 14.6 Å². The molecule has 1 N–H and O–H groups in total. The number of carbonyl (C=O) groups excluding carboxylic acids is 2. The number of methoxy groups -OCH3 is 1. The van der Waals surface area contributed by atoms with Crippen molar-refractivity contribution in [1.29, 1.82) is 0 Å². The molecule has 1 aliphatic heterocycles. The molecule has 1 aromatic heterocycles. The molecule has 8 heteroatoms. The topological polar surface area (TPSA) is 80.8 Å². The Kier molecular flexibility index (Phi) is 7.37. The van der Waals surface area contributed by atoms with Crippen LogP contribution in [0.25, 0.3) is 0 Å². The highest BCUT2D eigenvalue weighted by Crippen LogP contribution is 2.31. The van der Waals surface area contributed by atoms with Crippen LogP contribution in [0.5, 0.6) is 11.5 Å². The molecular formula is C26H26FN3O4. The summed E-state index contributed by atoms with van der Waals surface area (Å²) in [6, 6.07) is 14.5. The third kappa shape index (κ3) is 5.70. The number of halogens is 1. The first-order valence-corrected chi connectivity index (χ1v) is 11.1. The van der Waals surface area contributed by atoms with Gasteiger partial charge in [0.25, 0.3) is 5.91 Å². The number of pyridine rings is 1. The van der Waals surface area contributed by atoms with E-state index in [0.717, 1.165) is 5.56 Å². The minimum absolute atomic E-state index is 0.0998. The van der Waals surface area contributed by atoms with Crippen LogP contribution >= 0.6 is 0 Å². The van der Waals surface area contributed by atoms with E-state index >= 15 is 0 Å². The lowest BCUT2D eigenvalue weighted by Gasteiger charge is -2.31. The fourth-order valence-corrected chi connectivity index (χ4v) is 3.88. The fourth-order valence-electron chi connectivity index (χ4n) is 3.88. The summed E-state index contributed by atoms with van der Waals surface area (Å²) in [5.74, 6) is 0.246. The third-order valence-corrected chi connectivity index (χ3v) is 5.79. The van der Waals surface area contributed by atoms with Crippen molar-refractivity contribution in [3.63, 3.8) is 0 Å². The minimum Gasteiger partial charge on any atom is -0.493 e. The number of rotatable bonds is 7. The summed E-state index contributed by atoms with van der Waals surface area (Å²) >= 11 is 0. The molecule has 2 aromatic carbocycles. The van der Waals surface area contributed by atoms with Gasteiger partial charge in [-0.15, -0.1) is 0 Å². The van der Waals surface area contributed by atoms with E-state index in [1.165, 1.54) is 24.3 Å². The van der Waals surface area contributed by atoms with Crippen LogP contribution in [-0.2, 0) is 11.4 Å². The molecule has 4 rings (SSSR count). The zero-order chi connectivity index (χ0) is 23.9. The monoisotopic (exact) mass is 463 g/mol. The second-order valence-corrected chi connectivity index (χ2v) is 8.08. The largest absolute Gasteiger partial charge is 0.493 e. The molecule has 1 fully saturated rings. The summed E-state index contributed by atoms with van der Waals surface area (Å²) in [7, 11) is 1.56. The molecule has 2 heterocycles. The highest BCUT2D eigenvalue weighted by atomic mass is 19.1. The van der Waals surface area contributed by atoms with Crippen molar-refractivity contribution < 1.29 is 23.5 Å². The first-order valence-electron chi connectivity index (χ1n) is 11.1. The lowest BCUT2D eigenvalue weighted by molar-refractivity contribution is -0.121. The fraction of sp³-hybridized carbons (Fsp3) is 0.269. The van der Waals surface area contributed by atoms with E-state index in [0.29, 0.717) is 55.3 Å². The number of carbonyl (C=O) groups is 2. The molecule has 0 atom stereocenters. The van der Waals surface area contributed by atoms with E-state index in [1.54, 1.807) is 42.6 Å². The van der Waals surface area contributed by atoms with Crippen molar-refractivity contribution in [2.75, 3.05) is 25.5 Å². The maximum Gasteiger partial charge on any atom is 0.253 e. The van der Waals surface area contributed by atoms with Gasteiger partial charge in [0.2, 0.25) is 5.91 Å². The molecular weight excluding hydrogens is 437 g/mol. The molecule has 34 heavy (non-hydrogen) atoms. The van der Waals surface area contributed by atoms with Gasteiger partial charge in [-0.1, -0.05) is 6.07 Å². The Balaban J connectivity index is 1.33. The van der Waals surface area contributed by atoms with Crippen LogP contribution in [-0.4, -0.2) is 41.9 Å². The number of piperidine rings is 1. The summed E-state index contributed by atoms with van der Waals surface area (Å²) in [5.41, 5.74) is 1.97. The number of nitrogens with zero attached hydrogens (tertiary/aromatic N) is 2. The van der Waals surface area contributed by atoms with Gasteiger partial charge in [0.05, 0.1) is 7.11 Å². The van der Waals surface area contributed by atoms with E-state index in [4.69, 9.17) is 9.47 Å². The van der Waals surface area contributed by atoms with Gasteiger partial charge in [-0.2, -0.15) is 0 Å². The molecule has 1 saturated heterocycles. The van der Waals surface area contributed by atoms with Crippen LogP contribution < -0.4 is 14.8 Å². The normalized spacial score (nSPS) is 13.9. The highest BCUT2D eigenvalue weighted by molar-refractivity contribution is 5.95. The average Bonchev–Trinajstić information content (AvgIpc) is 2.88. The number of amides is 2. The Morgan fingerprint density at radius 1 is 1.09 bits per heavy atom. The first kappa shape index (κ1) is 23.2. The number of benzene rings is 2. The number of ether oxygens (including phenoxy) is 2. The summed E-state index contributed by atoms with van der Waals surface area (Å²) < 4.78 is 24.4. The second-order valence-electron chi connectivity index (χ2n) is 8.08. The number of nitrogens with one attached hydrogen (secondary N) is 1. The third-order valence-electron chi connectivity index (χ3n) is 5.79. The Hall–Kier alpha value is -3.94. The van der Waals surface area contributed by atoms with Crippen LogP contribution in [0.2, 0.25) is 0 Å². The number of aromatic nitrogens is 1. The maximum atomic E-state index is 13.1. The number of anilines is 1. The summed E-state index contributed by atoms with van der Waals surface area (Å²) in [6.45, 7) is 1.26. The smallest absolute Gasteiger partial charge is 0.253 e. The lowest BCUT2D eigenvalue weighted by Crippen LogP contribution is -2.41.